The van der Waals surface area contributed by atoms with Crippen molar-refractivity contribution in [1.82, 2.24) is 4.57 Å². The van der Waals surface area contributed by atoms with Crippen molar-refractivity contribution >= 4 is 82.7 Å². The van der Waals surface area contributed by atoms with Crippen LogP contribution in [0.2, 0.25) is 0 Å². The Morgan fingerprint density at radius 1 is 0.337 bits per heavy atom. The molecule has 0 atom stereocenters. The molecular weight excluding hydrogens is 1040 g/mol. The molecule has 19 rings (SSSR count). The Balaban J connectivity index is 0.830. The Kier molecular flexibility index (Phi) is 9.58. The highest BCUT2D eigenvalue weighted by molar-refractivity contribution is 6.17. The first-order chi connectivity index (χ1) is 42.4. The monoisotopic (exact) mass is 1100 g/mol. The minimum Gasteiger partial charge on any atom is -0.456 e. The van der Waals surface area contributed by atoms with Crippen molar-refractivity contribution < 1.29 is 8.83 Å². The van der Waals surface area contributed by atoms with E-state index in [2.05, 4.69) is 296 Å². The zero-order chi connectivity index (χ0) is 56.6. The molecule has 0 N–H and O–H groups in total. The van der Waals surface area contributed by atoms with Crippen LogP contribution in [-0.2, 0) is 10.8 Å². The van der Waals surface area contributed by atoms with E-state index in [0.29, 0.717) is 0 Å². The van der Waals surface area contributed by atoms with Crippen molar-refractivity contribution in [3.8, 4) is 61.3 Å². The molecule has 0 fully saturated rings. The standard InChI is InChI=1S/C82H52N2O2/c1-81(2)64-28-9-3-21-56(64)60-26-16-36-72(79(60)81)84-69-33-13-7-22-57(69)58-45-41-51(48-73(58)84)50-42-46-75-63(47-50)78-71(35-18-38-76(78)85-75)83(52-43-39-49(40-44-52)53-25-15-27-61-59-23-8-14-37-74(59)86-80(53)61)70-34-17-32-68-77(70)62-24-6-12-31-67(62)82(68)65-29-10-4-19-54(65)55-20-5-11-30-66(55)82/h3-48H,1-2H3. The van der Waals surface area contributed by atoms with E-state index in [-0.39, 0.29) is 5.41 Å². The number of para-hydroxylation sites is 3. The molecule has 0 saturated carbocycles. The van der Waals surface area contributed by atoms with E-state index in [9.17, 15) is 0 Å². The lowest BCUT2D eigenvalue weighted by molar-refractivity contribution is 0.656. The molecule has 3 aromatic heterocycles. The van der Waals surface area contributed by atoms with Crippen LogP contribution >= 0.6 is 0 Å². The van der Waals surface area contributed by atoms with Crippen molar-refractivity contribution in [3.05, 3.63) is 312 Å². The third-order valence-electron chi connectivity index (χ3n) is 19.6. The molecule has 0 bridgehead atoms. The van der Waals surface area contributed by atoms with Gasteiger partial charge in [-0.25, -0.2) is 0 Å². The molecule has 0 radical (unpaired) electrons. The Morgan fingerprint density at radius 3 is 1.67 bits per heavy atom. The maximum atomic E-state index is 6.99. The molecule has 13 aromatic carbocycles. The van der Waals surface area contributed by atoms with E-state index >= 15 is 0 Å². The quantitative estimate of drug-likeness (QED) is 0.166. The van der Waals surface area contributed by atoms with Gasteiger partial charge in [-0.05, 0) is 145 Å². The zero-order valence-corrected chi connectivity index (χ0v) is 47.3. The second-order valence-corrected chi connectivity index (χ2v) is 24.2. The summed E-state index contributed by atoms with van der Waals surface area (Å²) in [4.78, 5) is 2.50. The van der Waals surface area contributed by atoms with Gasteiger partial charge in [-0.2, -0.15) is 0 Å². The second-order valence-electron chi connectivity index (χ2n) is 24.2. The first-order valence-corrected chi connectivity index (χ1v) is 29.9. The highest BCUT2D eigenvalue weighted by Crippen LogP contribution is 2.65. The van der Waals surface area contributed by atoms with E-state index in [1.165, 1.54) is 94.3 Å². The largest absolute Gasteiger partial charge is 0.456 e. The summed E-state index contributed by atoms with van der Waals surface area (Å²) < 4.78 is 16.1. The average molecular weight is 1100 g/mol. The average Bonchev–Trinajstić information content (AvgIpc) is 1.57. The van der Waals surface area contributed by atoms with Gasteiger partial charge in [-0.15, -0.1) is 0 Å². The SMILES string of the molecule is CC1(C)c2ccccc2-c2cccc(-n3c4ccccc4c4ccc(-c5ccc6oc7cccc(N(c8ccc(-c9cccc%10c9oc9ccccc9%10)cc8)c8cccc9c8-c8ccccc8C98c9ccccc9-c9ccccc98)c7c6c5)cc43)c21. The molecular formula is C82H52N2O2. The molecule has 0 amide bonds. The van der Waals surface area contributed by atoms with Crippen LogP contribution in [0.25, 0.3) is 127 Å². The van der Waals surface area contributed by atoms with Gasteiger partial charge in [0.15, 0.2) is 0 Å². The minimum absolute atomic E-state index is 0.194. The topological polar surface area (TPSA) is 34.5 Å². The highest BCUT2D eigenvalue weighted by Gasteiger charge is 2.52. The smallest absolute Gasteiger partial charge is 0.143 e. The van der Waals surface area contributed by atoms with Gasteiger partial charge < -0.3 is 18.3 Å². The molecule has 0 saturated heterocycles. The molecule has 16 aromatic rings. The predicted octanol–water partition coefficient (Wildman–Crippen LogP) is 22.0. The summed E-state index contributed by atoms with van der Waals surface area (Å²) in [5, 5.41) is 6.80. The van der Waals surface area contributed by atoms with Crippen LogP contribution in [0, 0.1) is 0 Å². The summed E-state index contributed by atoms with van der Waals surface area (Å²) in [7, 11) is 0. The third kappa shape index (κ3) is 6.22. The van der Waals surface area contributed by atoms with Gasteiger partial charge in [-0.1, -0.05) is 226 Å². The normalized spacial score (nSPS) is 13.9. The lowest BCUT2D eigenvalue weighted by Gasteiger charge is -2.32. The van der Waals surface area contributed by atoms with E-state index in [1.54, 1.807) is 0 Å². The van der Waals surface area contributed by atoms with Gasteiger partial charge in [0.1, 0.15) is 22.3 Å². The number of aromatic nitrogens is 1. The van der Waals surface area contributed by atoms with E-state index in [1.807, 2.05) is 6.07 Å². The lowest BCUT2D eigenvalue weighted by atomic mass is 9.70. The van der Waals surface area contributed by atoms with E-state index in [4.69, 9.17) is 8.83 Å². The Bertz CT molecular complexity index is 5550. The van der Waals surface area contributed by atoms with Crippen LogP contribution in [-0.4, -0.2) is 4.57 Å². The molecule has 4 nitrogen and oxygen atoms in total. The van der Waals surface area contributed by atoms with E-state index in [0.717, 1.165) is 83.2 Å². The molecule has 86 heavy (non-hydrogen) atoms. The summed E-state index contributed by atoms with van der Waals surface area (Å²) in [6.45, 7) is 4.77. The Hall–Kier alpha value is -10.9. The molecule has 402 valence electrons. The van der Waals surface area contributed by atoms with Crippen LogP contribution in [0.1, 0.15) is 47.2 Å². The van der Waals surface area contributed by atoms with Gasteiger partial charge in [0, 0.05) is 49.2 Å². The minimum atomic E-state index is -0.520. The van der Waals surface area contributed by atoms with Gasteiger partial charge in [-0.3, -0.25) is 0 Å². The number of hydrogen-bond donors (Lipinski definition) is 0. The molecule has 4 heteroatoms. The number of rotatable bonds is 6. The number of benzene rings is 13. The van der Waals surface area contributed by atoms with Crippen LogP contribution < -0.4 is 4.90 Å². The maximum Gasteiger partial charge on any atom is 0.143 e. The summed E-state index contributed by atoms with van der Waals surface area (Å²) in [6, 6.07) is 103. The number of fused-ring (bicyclic) bond motifs is 22. The summed E-state index contributed by atoms with van der Waals surface area (Å²) in [5.74, 6) is 0. The fourth-order valence-corrected chi connectivity index (χ4v) is 16.1. The molecule has 3 aliphatic rings. The predicted molar refractivity (Wildman–Crippen MR) is 355 cm³/mol. The molecule has 3 aliphatic carbocycles. The number of nitrogens with zero attached hydrogens (tertiary/aromatic N) is 2. The molecule has 0 unspecified atom stereocenters. The lowest BCUT2D eigenvalue weighted by Crippen LogP contribution is -2.26. The molecule has 3 heterocycles. The summed E-state index contributed by atoms with van der Waals surface area (Å²) in [5.41, 5.74) is 29.4. The molecule has 1 spiro atoms. The van der Waals surface area contributed by atoms with Crippen molar-refractivity contribution in [2.75, 3.05) is 4.90 Å². The summed E-state index contributed by atoms with van der Waals surface area (Å²) >= 11 is 0. The van der Waals surface area contributed by atoms with Crippen molar-refractivity contribution in [2.45, 2.75) is 24.7 Å². The fraction of sp³-hybridized carbons (Fsp3) is 0.0488. The fourth-order valence-electron chi connectivity index (χ4n) is 16.1. The number of furan rings is 2. The molecule has 0 aliphatic heterocycles. The van der Waals surface area contributed by atoms with Crippen LogP contribution in [0.4, 0.5) is 17.1 Å². The number of anilines is 3. The van der Waals surface area contributed by atoms with Gasteiger partial charge in [0.25, 0.3) is 0 Å². The third-order valence-corrected chi connectivity index (χ3v) is 19.6. The Labute approximate surface area is 496 Å². The summed E-state index contributed by atoms with van der Waals surface area (Å²) in [6.07, 6.45) is 0. The Morgan fingerprint density at radius 2 is 0.872 bits per heavy atom. The van der Waals surface area contributed by atoms with Gasteiger partial charge >= 0.3 is 0 Å². The number of hydrogen-bond acceptors (Lipinski definition) is 3. The van der Waals surface area contributed by atoms with Crippen LogP contribution in [0.15, 0.2) is 288 Å². The first kappa shape index (κ1) is 47.5. The maximum absolute atomic E-state index is 6.99. The van der Waals surface area contributed by atoms with Crippen LogP contribution in [0.3, 0.4) is 0 Å². The second kappa shape index (κ2) is 17.3. The van der Waals surface area contributed by atoms with Crippen molar-refractivity contribution in [2.24, 2.45) is 0 Å². The van der Waals surface area contributed by atoms with Crippen LogP contribution in [0.5, 0.6) is 0 Å². The van der Waals surface area contributed by atoms with Gasteiger partial charge in [0.2, 0.25) is 0 Å². The zero-order valence-electron chi connectivity index (χ0n) is 47.3. The van der Waals surface area contributed by atoms with E-state index < -0.39 is 5.41 Å². The highest BCUT2D eigenvalue weighted by atomic mass is 16.3. The van der Waals surface area contributed by atoms with Crippen molar-refractivity contribution in [3.63, 3.8) is 0 Å². The van der Waals surface area contributed by atoms with Crippen molar-refractivity contribution in [1.29, 1.82) is 0 Å². The van der Waals surface area contributed by atoms with Gasteiger partial charge in [0.05, 0.1) is 38.9 Å². The first-order valence-electron chi connectivity index (χ1n) is 29.9.